The number of halogens is 1. The molecule has 0 radical (unpaired) electrons. The summed E-state index contributed by atoms with van der Waals surface area (Å²) in [7, 11) is -3.63. The highest BCUT2D eigenvalue weighted by atomic mass is 35.5. The maximum absolute atomic E-state index is 12.1. The summed E-state index contributed by atoms with van der Waals surface area (Å²) in [4.78, 5) is 10.8. The van der Waals surface area contributed by atoms with Gasteiger partial charge in [-0.3, -0.25) is 0 Å². The van der Waals surface area contributed by atoms with Crippen LogP contribution in [0.5, 0.6) is 0 Å². The summed E-state index contributed by atoms with van der Waals surface area (Å²) < 4.78 is 24.2. The summed E-state index contributed by atoms with van der Waals surface area (Å²) in [5.41, 5.74) is 4.93. The standard InChI is InChI=1S/C10H13ClN2O3S/c1-2-9(13-10(12)14)17(15,16)8-5-3-7(11)4-6-8/h3-6,9H,2H2,1H3,(H3,12,13,14). The van der Waals surface area contributed by atoms with Gasteiger partial charge in [0.2, 0.25) is 0 Å². The van der Waals surface area contributed by atoms with Crippen molar-refractivity contribution in [2.45, 2.75) is 23.6 Å². The number of hydrogen-bond acceptors (Lipinski definition) is 3. The fourth-order valence-corrected chi connectivity index (χ4v) is 3.03. The second-order valence-electron chi connectivity index (χ2n) is 3.40. The minimum atomic E-state index is -3.63. The Morgan fingerprint density at radius 3 is 2.35 bits per heavy atom. The Bertz CT molecular complexity index is 499. The van der Waals surface area contributed by atoms with Crippen LogP contribution in [0.4, 0.5) is 4.79 Å². The smallest absolute Gasteiger partial charge is 0.313 e. The number of hydrogen-bond donors (Lipinski definition) is 2. The number of nitrogens with two attached hydrogens (primary N) is 1. The predicted molar refractivity (Wildman–Crippen MR) is 65.4 cm³/mol. The fourth-order valence-electron chi connectivity index (χ4n) is 1.35. The number of carbonyl (C=O) groups is 1. The van der Waals surface area contributed by atoms with Gasteiger partial charge in [-0.05, 0) is 30.7 Å². The molecule has 2 amide bonds. The van der Waals surface area contributed by atoms with E-state index in [1.54, 1.807) is 6.92 Å². The summed E-state index contributed by atoms with van der Waals surface area (Å²) in [5, 5.41) is 1.62. The highest BCUT2D eigenvalue weighted by Gasteiger charge is 2.26. The largest absolute Gasteiger partial charge is 0.352 e. The van der Waals surface area contributed by atoms with E-state index >= 15 is 0 Å². The summed E-state index contributed by atoms with van der Waals surface area (Å²) >= 11 is 5.67. The maximum atomic E-state index is 12.1. The lowest BCUT2D eigenvalue weighted by Gasteiger charge is -2.16. The molecule has 0 spiro atoms. The van der Waals surface area contributed by atoms with Crippen LogP contribution < -0.4 is 11.1 Å². The van der Waals surface area contributed by atoms with Crippen LogP contribution in [0, 0.1) is 0 Å². The van der Waals surface area contributed by atoms with Gasteiger partial charge in [-0.15, -0.1) is 0 Å². The molecule has 0 fully saturated rings. The van der Waals surface area contributed by atoms with Gasteiger partial charge < -0.3 is 11.1 Å². The molecule has 3 N–H and O–H groups in total. The van der Waals surface area contributed by atoms with Crippen molar-refractivity contribution in [3.05, 3.63) is 29.3 Å². The summed E-state index contributed by atoms with van der Waals surface area (Å²) in [6.45, 7) is 1.65. The van der Waals surface area contributed by atoms with E-state index in [0.717, 1.165) is 0 Å². The highest BCUT2D eigenvalue weighted by Crippen LogP contribution is 2.19. The van der Waals surface area contributed by atoms with Crippen molar-refractivity contribution in [2.75, 3.05) is 0 Å². The molecule has 7 heteroatoms. The lowest BCUT2D eigenvalue weighted by atomic mass is 10.4. The van der Waals surface area contributed by atoms with Gasteiger partial charge in [-0.1, -0.05) is 18.5 Å². The van der Waals surface area contributed by atoms with E-state index in [0.29, 0.717) is 5.02 Å². The summed E-state index contributed by atoms with van der Waals surface area (Å²) in [6, 6.07) is 4.87. The van der Waals surface area contributed by atoms with E-state index < -0.39 is 21.2 Å². The average Bonchev–Trinajstić information content (AvgIpc) is 2.26. The molecular formula is C10H13ClN2O3S. The Labute approximate surface area is 105 Å². The molecule has 1 atom stereocenters. The minimum Gasteiger partial charge on any atom is -0.352 e. The van der Waals surface area contributed by atoms with Crippen LogP contribution in [-0.4, -0.2) is 19.8 Å². The second-order valence-corrected chi connectivity index (χ2v) is 5.97. The Balaban J connectivity index is 3.08. The third-order valence-electron chi connectivity index (χ3n) is 2.19. The van der Waals surface area contributed by atoms with E-state index in [2.05, 4.69) is 5.32 Å². The summed E-state index contributed by atoms with van der Waals surface area (Å²) in [6.07, 6.45) is 0.230. The zero-order valence-corrected chi connectivity index (χ0v) is 10.8. The van der Waals surface area contributed by atoms with Crippen molar-refractivity contribution < 1.29 is 13.2 Å². The third kappa shape index (κ3) is 3.34. The van der Waals surface area contributed by atoms with Gasteiger partial charge in [-0.25, -0.2) is 13.2 Å². The molecule has 1 aromatic rings. The Morgan fingerprint density at radius 2 is 1.94 bits per heavy atom. The number of rotatable bonds is 4. The molecule has 0 aliphatic heterocycles. The van der Waals surface area contributed by atoms with Crippen LogP contribution in [-0.2, 0) is 9.84 Å². The normalized spacial score (nSPS) is 13.1. The molecule has 0 saturated heterocycles. The fraction of sp³-hybridized carbons (Fsp3) is 0.300. The van der Waals surface area contributed by atoms with Crippen LogP contribution in [0.2, 0.25) is 5.02 Å². The molecule has 0 heterocycles. The molecule has 1 aromatic carbocycles. The molecule has 1 rings (SSSR count). The van der Waals surface area contributed by atoms with Gasteiger partial charge in [0.05, 0.1) is 4.90 Å². The van der Waals surface area contributed by atoms with Crippen LogP contribution in [0.1, 0.15) is 13.3 Å². The molecule has 0 bridgehead atoms. The molecule has 0 aliphatic carbocycles. The van der Waals surface area contributed by atoms with Crippen molar-refractivity contribution in [1.82, 2.24) is 5.32 Å². The van der Waals surface area contributed by atoms with Crippen LogP contribution in [0.15, 0.2) is 29.2 Å². The molecule has 5 nitrogen and oxygen atoms in total. The van der Waals surface area contributed by atoms with Crippen molar-refractivity contribution in [3.63, 3.8) is 0 Å². The number of primary amides is 1. The first-order chi connectivity index (χ1) is 7.87. The lowest BCUT2D eigenvalue weighted by Crippen LogP contribution is -2.43. The van der Waals surface area contributed by atoms with Crippen molar-refractivity contribution >= 4 is 27.5 Å². The van der Waals surface area contributed by atoms with Gasteiger partial charge in [0, 0.05) is 5.02 Å². The molecule has 0 aliphatic rings. The quantitative estimate of drug-likeness (QED) is 0.874. The van der Waals surface area contributed by atoms with E-state index in [9.17, 15) is 13.2 Å². The Morgan fingerprint density at radius 1 is 1.41 bits per heavy atom. The van der Waals surface area contributed by atoms with Crippen molar-refractivity contribution in [2.24, 2.45) is 5.73 Å². The highest BCUT2D eigenvalue weighted by molar-refractivity contribution is 7.92. The van der Waals surface area contributed by atoms with Gasteiger partial charge in [-0.2, -0.15) is 0 Å². The Kier molecular flexibility index (Phi) is 4.36. The number of nitrogens with one attached hydrogen (secondary N) is 1. The monoisotopic (exact) mass is 276 g/mol. The summed E-state index contributed by atoms with van der Waals surface area (Å²) in [5.74, 6) is 0. The number of urea groups is 1. The minimum absolute atomic E-state index is 0.0995. The van der Waals surface area contributed by atoms with Gasteiger partial charge >= 0.3 is 6.03 Å². The number of carbonyl (C=O) groups excluding carboxylic acids is 1. The van der Waals surface area contributed by atoms with Gasteiger partial charge in [0.1, 0.15) is 5.37 Å². The molecule has 0 aromatic heterocycles. The van der Waals surface area contributed by atoms with Crippen LogP contribution in [0.25, 0.3) is 0 Å². The Hall–Kier alpha value is -1.27. The molecular weight excluding hydrogens is 264 g/mol. The van der Waals surface area contributed by atoms with E-state index in [-0.39, 0.29) is 11.3 Å². The first-order valence-electron chi connectivity index (χ1n) is 4.93. The SMILES string of the molecule is CCC(NC(N)=O)S(=O)(=O)c1ccc(Cl)cc1. The van der Waals surface area contributed by atoms with Crippen LogP contribution >= 0.6 is 11.6 Å². The second kappa shape index (κ2) is 5.37. The predicted octanol–water partition coefficient (Wildman–Crippen LogP) is 1.52. The van der Waals surface area contributed by atoms with Crippen molar-refractivity contribution in [1.29, 1.82) is 0 Å². The number of amides is 2. The van der Waals surface area contributed by atoms with E-state index in [1.165, 1.54) is 24.3 Å². The zero-order chi connectivity index (χ0) is 13.1. The maximum Gasteiger partial charge on any atom is 0.313 e. The molecule has 0 saturated carbocycles. The van der Waals surface area contributed by atoms with Crippen molar-refractivity contribution in [3.8, 4) is 0 Å². The topological polar surface area (TPSA) is 89.3 Å². The lowest BCUT2D eigenvalue weighted by molar-refractivity contribution is 0.247. The number of sulfone groups is 1. The van der Waals surface area contributed by atoms with E-state index in [1.807, 2.05) is 0 Å². The van der Waals surface area contributed by atoms with E-state index in [4.69, 9.17) is 17.3 Å². The van der Waals surface area contributed by atoms with Gasteiger partial charge in [0.25, 0.3) is 0 Å². The zero-order valence-electron chi connectivity index (χ0n) is 9.18. The molecule has 17 heavy (non-hydrogen) atoms. The molecule has 94 valence electrons. The number of benzene rings is 1. The third-order valence-corrected chi connectivity index (χ3v) is 4.57. The molecule has 1 unspecified atom stereocenters. The first-order valence-corrected chi connectivity index (χ1v) is 6.85. The first kappa shape index (κ1) is 13.8. The average molecular weight is 277 g/mol. The van der Waals surface area contributed by atoms with Crippen LogP contribution in [0.3, 0.4) is 0 Å². The van der Waals surface area contributed by atoms with Gasteiger partial charge in [0.15, 0.2) is 9.84 Å².